The van der Waals surface area contributed by atoms with Gasteiger partial charge in [-0.25, -0.2) is 9.59 Å². The molecular formula is C24H32N2O8. The Bertz CT molecular complexity index is 810. The molecule has 1 aromatic rings. The molecule has 1 aromatic carbocycles. The highest BCUT2D eigenvalue weighted by molar-refractivity contribution is 5.95. The summed E-state index contributed by atoms with van der Waals surface area (Å²) in [7, 11) is 0. The minimum absolute atomic E-state index is 0.0769. The third-order valence-electron chi connectivity index (χ3n) is 5.55. The van der Waals surface area contributed by atoms with Gasteiger partial charge in [0.2, 0.25) is 0 Å². The number of hydrogen-bond acceptors (Lipinski definition) is 8. The molecule has 2 amide bonds. The summed E-state index contributed by atoms with van der Waals surface area (Å²) in [5.41, 5.74) is 0.390. The van der Waals surface area contributed by atoms with Crippen molar-refractivity contribution >= 4 is 23.8 Å². The molecule has 0 saturated carbocycles. The summed E-state index contributed by atoms with van der Waals surface area (Å²) in [6, 6.07) is 5.65. The maximum Gasteiger partial charge on any atom is 0.338 e. The van der Waals surface area contributed by atoms with E-state index in [1.807, 2.05) is 27.7 Å². The fraction of sp³-hybridized carbons (Fsp3) is 0.583. The lowest BCUT2D eigenvalue weighted by atomic mass is 10.1. The van der Waals surface area contributed by atoms with Crippen LogP contribution >= 0.6 is 0 Å². The van der Waals surface area contributed by atoms with Crippen LogP contribution in [0.3, 0.4) is 0 Å². The second kappa shape index (κ2) is 11.4. The standard InChI is InChI=1S/C24H32N2O8/c1-15-9-25(10-16(2)33-15)21(27)13-31-23(29)19-5-7-20(8-6-19)24(30)32-14-22(28)26-11-17(3)34-18(4)12-26/h5-8,15-18H,9-14H2,1-4H3. The molecule has 2 saturated heterocycles. The summed E-state index contributed by atoms with van der Waals surface area (Å²) in [4.78, 5) is 52.5. The summed E-state index contributed by atoms with van der Waals surface area (Å²) in [6.45, 7) is 8.58. The molecule has 0 radical (unpaired) electrons. The third kappa shape index (κ3) is 7.01. The highest BCUT2D eigenvalue weighted by atomic mass is 16.5. The molecule has 186 valence electrons. The molecule has 3 rings (SSSR count). The van der Waals surface area contributed by atoms with Crippen molar-refractivity contribution in [3.63, 3.8) is 0 Å². The SMILES string of the molecule is CC1CN(C(=O)COC(=O)c2ccc(C(=O)OCC(=O)N3CC(C)OC(C)C3)cc2)CC(C)O1. The van der Waals surface area contributed by atoms with Gasteiger partial charge in [-0.1, -0.05) is 0 Å². The minimum Gasteiger partial charge on any atom is -0.452 e. The molecule has 0 spiro atoms. The molecule has 2 heterocycles. The quantitative estimate of drug-likeness (QED) is 0.565. The van der Waals surface area contributed by atoms with Crippen molar-refractivity contribution in [2.75, 3.05) is 39.4 Å². The first-order valence-corrected chi connectivity index (χ1v) is 11.4. The van der Waals surface area contributed by atoms with Crippen LogP contribution in [0, 0.1) is 0 Å². The second-order valence-electron chi connectivity index (χ2n) is 8.84. The van der Waals surface area contributed by atoms with Gasteiger partial charge in [-0.15, -0.1) is 0 Å². The zero-order valence-electron chi connectivity index (χ0n) is 20.0. The average molecular weight is 477 g/mol. The molecule has 10 heteroatoms. The van der Waals surface area contributed by atoms with Crippen molar-refractivity contribution in [2.45, 2.75) is 52.1 Å². The van der Waals surface area contributed by atoms with Crippen LogP contribution in [0.15, 0.2) is 24.3 Å². The first-order chi connectivity index (χ1) is 16.1. The summed E-state index contributed by atoms with van der Waals surface area (Å²) in [5, 5.41) is 0. The predicted molar refractivity (Wildman–Crippen MR) is 120 cm³/mol. The van der Waals surface area contributed by atoms with Crippen LogP contribution in [-0.2, 0) is 28.5 Å². The van der Waals surface area contributed by atoms with Gasteiger partial charge >= 0.3 is 11.9 Å². The number of morpholine rings is 2. The lowest BCUT2D eigenvalue weighted by Gasteiger charge is -2.35. The van der Waals surface area contributed by atoms with Crippen LogP contribution in [0.2, 0.25) is 0 Å². The summed E-state index contributed by atoms with van der Waals surface area (Å²) in [6.07, 6.45) is -0.307. The molecule has 2 fully saturated rings. The van der Waals surface area contributed by atoms with Crippen LogP contribution < -0.4 is 0 Å². The molecule has 4 unspecified atom stereocenters. The number of rotatable bonds is 6. The Morgan fingerprint density at radius 1 is 0.676 bits per heavy atom. The molecule has 0 aliphatic carbocycles. The summed E-state index contributed by atoms with van der Waals surface area (Å²) in [5.74, 6) is -1.92. The number of nitrogens with zero attached hydrogens (tertiary/aromatic N) is 2. The Balaban J connectivity index is 1.45. The fourth-order valence-corrected chi connectivity index (χ4v) is 4.11. The van der Waals surface area contributed by atoms with E-state index in [2.05, 4.69) is 0 Å². The lowest BCUT2D eigenvalue weighted by Crippen LogP contribution is -2.49. The van der Waals surface area contributed by atoms with E-state index in [9.17, 15) is 19.2 Å². The molecule has 2 aliphatic heterocycles. The largest absolute Gasteiger partial charge is 0.452 e. The van der Waals surface area contributed by atoms with Crippen molar-refractivity contribution in [2.24, 2.45) is 0 Å². The molecular weight excluding hydrogens is 444 g/mol. The van der Waals surface area contributed by atoms with Crippen LogP contribution in [-0.4, -0.2) is 97.4 Å². The zero-order valence-corrected chi connectivity index (χ0v) is 20.0. The number of carbonyl (C=O) groups is 4. The lowest BCUT2D eigenvalue weighted by molar-refractivity contribution is -0.146. The zero-order chi connectivity index (χ0) is 24.8. The highest BCUT2D eigenvalue weighted by Gasteiger charge is 2.28. The van der Waals surface area contributed by atoms with E-state index in [1.165, 1.54) is 24.3 Å². The molecule has 0 bridgehead atoms. The van der Waals surface area contributed by atoms with Crippen LogP contribution in [0.1, 0.15) is 48.4 Å². The monoisotopic (exact) mass is 476 g/mol. The van der Waals surface area contributed by atoms with Crippen LogP contribution in [0.5, 0.6) is 0 Å². The van der Waals surface area contributed by atoms with E-state index < -0.39 is 11.9 Å². The smallest absolute Gasteiger partial charge is 0.338 e. The van der Waals surface area contributed by atoms with Crippen molar-refractivity contribution in [3.8, 4) is 0 Å². The molecule has 10 nitrogen and oxygen atoms in total. The molecule has 0 aromatic heterocycles. The first-order valence-electron chi connectivity index (χ1n) is 11.4. The Kier molecular flexibility index (Phi) is 8.62. The van der Waals surface area contributed by atoms with Crippen molar-refractivity contribution in [3.05, 3.63) is 35.4 Å². The van der Waals surface area contributed by atoms with E-state index in [4.69, 9.17) is 18.9 Å². The Morgan fingerprint density at radius 3 is 1.26 bits per heavy atom. The van der Waals surface area contributed by atoms with Gasteiger partial charge in [0.05, 0.1) is 35.5 Å². The number of esters is 2. The van der Waals surface area contributed by atoms with Crippen LogP contribution in [0.25, 0.3) is 0 Å². The number of hydrogen-bond donors (Lipinski definition) is 0. The van der Waals surface area contributed by atoms with Gasteiger partial charge in [-0.2, -0.15) is 0 Å². The van der Waals surface area contributed by atoms with E-state index in [1.54, 1.807) is 9.80 Å². The Hall–Kier alpha value is -2.98. The van der Waals surface area contributed by atoms with E-state index in [-0.39, 0.29) is 60.6 Å². The summed E-state index contributed by atoms with van der Waals surface area (Å²) < 4.78 is 21.5. The van der Waals surface area contributed by atoms with Crippen LogP contribution in [0.4, 0.5) is 0 Å². The minimum atomic E-state index is -0.673. The fourth-order valence-electron chi connectivity index (χ4n) is 4.11. The maximum absolute atomic E-state index is 12.3. The number of carbonyl (C=O) groups excluding carboxylic acids is 4. The Labute approximate surface area is 199 Å². The third-order valence-corrected chi connectivity index (χ3v) is 5.55. The average Bonchev–Trinajstić information content (AvgIpc) is 2.79. The molecule has 4 atom stereocenters. The van der Waals surface area contributed by atoms with E-state index >= 15 is 0 Å². The number of ether oxygens (including phenoxy) is 4. The van der Waals surface area contributed by atoms with Gasteiger partial charge < -0.3 is 28.7 Å². The van der Waals surface area contributed by atoms with Gasteiger partial charge in [-0.3, -0.25) is 9.59 Å². The predicted octanol–water partition coefficient (Wildman–Crippen LogP) is 1.27. The topological polar surface area (TPSA) is 112 Å². The van der Waals surface area contributed by atoms with Gasteiger partial charge in [0.15, 0.2) is 13.2 Å². The van der Waals surface area contributed by atoms with Gasteiger partial charge in [-0.05, 0) is 52.0 Å². The molecule has 0 N–H and O–H groups in total. The van der Waals surface area contributed by atoms with Crippen molar-refractivity contribution in [1.29, 1.82) is 0 Å². The molecule has 34 heavy (non-hydrogen) atoms. The number of benzene rings is 1. The summed E-state index contributed by atoms with van der Waals surface area (Å²) >= 11 is 0. The van der Waals surface area contributed by atoms with E-state index in [0.717, 1.165) is 0 Å². The molecule has 2 aliphatic rings. The first kappa shape index (κ1) is 25.6. The van der Waals surface area contributed by atoms with Gasteiger partial charge in [0, 0.05) is 26.2 Å². The normalized spacial score (nSPS) is 24.9. The Morgan fingerprint density at radius 2 is 0.971 bits per heavy atom. The van der Waals surface area contributed by atoms with Gasteiger partial charge in [0.25, 0.3) is 11.8 Å². The van der Waals surface area contributed by atoms with Gasteiger partial charge in [0.1, 0.15) is 0 Å². The second-order valence-corrected chi connectivity index (χ2v) is 8.84. The number of amides is 2. The maximum atomic E-state index is 12.3. The van der Waals surface area contributed by atoms with Crippen molar-refractivity contribution in [1.82, 2.24) is 9.80 Å². The van der Waals surface area contributed by atoms with Crippen molar-refractivity contribution < 1.29 is 38.1 Å². The highest BCUT2D eigenvalue weighted by Crippen LogP contribution is 2.13. The van der Waals surface area contributed by atoms with E-state index in [0.29, 0.717) is 26.2 Å².